The van der Waals surface area contributed by atoms with Gasteiger partial charge in [-0.05, 0) is 49.1 Å². The van der Waals surface area contributed by atoms with Gasteiger partial charge in [0.2, 0.25) is 0 Å². The standard InChI is InChI=1S/C21H23ClN2O/c22-16-10-12-17(13-11-16)24-21(18-8-4-5-9-20(18)23-24)19(14-25)15-6-2-1-3-7-15/h4-5,8-13,15,19,25H,1-3,6-7,14H2. The van der Waals surface area contributed by atoms with E-state index in [0.717, 1.165) is 22.3 Å². The Bertz CT molecular complexity index is 850. The second-order valence-electron chi connectivity index (χ2n) is 6.98. The van der Waals surface area contributed by atoms with Crippen LogP contribution in [0.4, 0.5) is 0 Å². The van der Waals surface area contributed by atoms with Crippen LogP contribution < -0.4 is 0 Å². The first-order valence-corrected chi connectivity index (χ1v) is 9.50. The van der Waals surface area contributed by atoms with Gasteiger partial charge >= 0.3 is 0 Å². The van der Waals surface area contributed by atoms with Gasteiger partial charge in [0.25, 0.3) is 0 Å². The molecular weight excluding hydrogens is 332 g/mol. The van der Waals surface area contributed by atoms with Gasteiger partial charge in [-0.3, -0.25) is 0 Å². The lowest BCUT2D eigenvalue weighted by Gasteiger charge is -2.29. The van der Waals surface area contributed by atoms with E-state index in [1.807, 2.05) is 41.1 Å². The summed E-state index contributed by atoms with van der Waals surface area (Å²) in [6.45, 7) is 0.161. The predicted octanol–water partition coefficient (Wildman–Crippen LogP) is 5.34. The molecule has 1 unspecified atom stereocenters. The fraction of sp³-hybridized carbons (Fsp3) is 0.381. The summed E-state index contributed by atoms with van der Waals surface area (Å²) >= 11 is 6.06. The molecule has 0 radical (unpaired) electrons. The lowest BCUT2D eigenvalue weighted by Crippen LogP contribution is -2.22. The average Bonchev–Trinajstić information content (AvgIpc) is 3.04. The fourth-order valence-electron chi connectivity index (χ4n) is 4.18. The highest BCUT2D eigenvalue weighted by Gasteiger charge is 2.29. The molecule has 1 N–H and O–H groups in total. The van der Waals surface area contributed by atoms with Crippen molar-refractivity contribution >= 4 is 22.5 Å². The average molecular weight is 355 g/mol. The van der Waals surface area contributed by atoms with E-state index in [1.165, 1.54) is 32.1 Å². The first-order chi connectivity index (χ1) is 12.3. The zero-order valence-corrected chi connectivity index (χ0v) is 15.0. The Morgan fingerprint density at radius 1 is 1.04 bits per heavy atom. The van der Waals surface area contributed by atoms with E-state index < -0.39 is 0 Å². The molecule has 0 saturated heterocycles. The molecule has 1 aromatic heterocycles. The summed E-state index contributed by atoms with van der Waals surface area (Å²) in [6.07, 6.45) is 6.20. The minimum atomic E-state index is 0.114. The highest BCUT2D eigenvalue weighted by molar-refractivity contribution is 6.30. The van der Waals surface area contributed by atoms with E-state index in [4.69, 9.17) is 16.7 Å². The van der Waals surface area contributed by atoms with Crippen LogP contribution in [0.15, 0.2) is 48.5 Å². The Hall–Kier alpha value is -1.84. The maximum atomic E-state index is 10.3. The van der Waals surface area contributed by atoms with Crippen LogP contribution in [-0.4, -0.2) is 21.5 Å². The largest absolute Gasteiger partial charge is 0.396 e. The summed E-state index contributed by atoms with van der Waals surface area (Å²) in [5.41, 5.74) is 3.10. The number of hydrogen-bond donors (Lipinski definition) is 1. The van der Waals surface area contributed by atoms with Gasteiger partial charge in [-0.15, -0.1) is 0 Å². The number of aliphatic hydroxyl groups is 1. The molecule has 2 aromatic carbocycles. The lowest BCUT2D eigenvalue weighted by atomic mass is 9.78. The Labute approximate surface area is 153 Å². The van der Waals surface area contributed by atoms with E-state index in [2.05, 4.69) is 12.1 Å². The normalized spacial score (nSPS) is 17.0. The molecule has 0 bridgehead atoms. The molecule has 0 aliphatic heterocycles. The van der Waals surface area contributed by atoms with Gasteiger partial charge in [0.15, 0.2) is 0 Å². The van der Waals surface area contributed by atoms with Gasteiger partial charge in [-0.1, -0.05) is 49.1 Å². The van der Waals surface area contributed by atoms with Crippen LogP contribution in [0.3, 0.4) is 0 Å². The molecular formula is C21H23ClN2O. The van der Waals surface area contributed by atoms with Crippen molar-refractivity contribution in [3.63, 3.8) is 0 Å². The molecule has 1 fully saturated rings. The first-order valence-electron chi connectivity index (χ1n) is 9.12. The van der Waals surface area contributed by atoms with Crippen molar-refractivity contribution in [3.8, 4) is 5.69 Å². The van der Waals surface area contributed by atoms with Gasteiger partial charge in [0, 0.05) is 16.3 Å². The highest BCUT2D eigenvalue weighted by Crippen LogP contribution is 2.39. The lowest BCUT2D eigenvalue weighted by molar-refractivity contribution is 0.193. The summed E-state index contributed by atoms with van der Waals surface area (Å²) in [5.74, 6) is 0.633. The van der Waals surface area contributed by atoms with Crippen molar-refractivity contribution in [1.29, 1.82) is 0 Å². The van der Waals surface area contributed by atoms with E-state index in [1.54, 1.807) is 0 Å². The van der Waals surface area contributed by atoms with Crippen LogP contribution in [0.2, 0.25) is 5.02 Å². The van der Waals surface area contributed by atoms with Crippen molar-refractivity contribution in [1.82, 2.24) is 9.78 Å². The number of fused-ring (bicyclic) bond motifs is 1. The van der Waals surface area contributed by atoms with Gasteiger partial charge in [0.05, 0.1) is 23.5 Å². The Morgan fingerprint density at radius 2 is 1.76 bits per heavy atom. The minimum Gasteiger partial charge on any atom is -0.396 e. The second-order valence-corrected chi connectivity index (χ2v) is 7.41. The van der Waals surface area contributed by atoms with Crippen LogP contribution in [-0.2, 0) is 0 Å². The third kappa shape index (κ3) is 3.19. The van der Waals surface area contributed by atoms with Gasteiger partial charge in [0.1, 0.15) is 0 Å². The maximum Gasteiger partial charge on any atom is 0.0930 e. The second kappa shape index (κ2) is 7.19. The number of aromatic nitrogens is 2. The molecule has 1 saturated carbocycles. The van der Waals surface area contributed by atoms with E-state index in [0.29, 0.717) is 10.9 Å². The number of hydrogen-bond acceptors (Lipinski definition) is 2. The Kier molecular flexibility index (Phi) is 4.78. The highest BCUT2D eigenvalue weighted by atomic mass is 35.5. The summed E-state index contributed by atoms with van der Waals surface area (Å²) in [6, 6.07) is 16.0. The molecule has 1 aliphatic carbocycles. The summed E-state index contributed by atoms with van der Waals surface area (Å²) in [4.78, 5) is 0. The van der Waals surface area contributed by atoms with Crippen LogP contribution >= 0.6 is 11.6 Å². The maximum absolute atomic E-state index is 10.3. The summed E-state index contributed by atoms with van der Waals surface area (Å²) in [7, 11) is 0. The monoisotopic (exact) mass is 354 g/mol. The van der Waals surface area contributed by atoms with Gasteiger partial charge < -0.3 is 5.11 Å². The van der Waals surface area contributed by atoms with Crippen LogP contribution in [0.5, 0.6) is 0 Å². The molecule has 3 aromatic rings. The van der Waals surface area contributed by atoms with E-state index in [-0.39, 0.29) is 12.5 Å². The molecule has 3 nitrogen and oxygen atoms in total. The van der Waals surface area contributed by atoms with Crippen molar-refractivity contribution in [3.05, 3.63) is 59.2 Å². The number of halogens is 1. The molecule has 0 spiro atoms. The topological polar surface area (TPSA) is 38.1 Å². The van der Waals surface area contributed by atoms with E-state index >= 15 is 0 Å². The molecule has 1 aliphatic rings. The van der Waals surface area contributed by atoms with Crippen molar-refractivity contribution in [2.24, 2.45) is 5.92 Å². The molecule has 130 valence electrons. The zero-order valence-electron chi connectivity index (χ0n) is 14.2. The third-order valence-corrected chi connectivity index (χ3v) is 5.71. The number of benzene rings is 2. The third-order valence-electron chi connectivity index (χ3n) is 5.45. The van der Waals surface area contributed by atoms with Crippen molar-refractivity contribution in [2.75, 3.05) is 6.61 Å². The zero-order chi connectivity index (χ0) is 17.2. The first kappa shape index (κ1) is 16.6. The molecule has 0 amide bonds. The number of rotatable bonds is 4. The summed E-state index contributed by atoms with van der Waals surface area (Å²) < 4.78 is 2.01. The molecule has 1 heterocycles. The van der Waals surface area contributed by atoms with Crippen molar-refractivity contribution in [2.45, 2.75) is 38.0 Å². The quantitative estimate of drug-likeness (QED) is 0.687. The van der Waals surface area contributed by atoms with Crippen LogP contribution in [0.1, 0.15) is 43.7 Å². The Balaban J connectivity index is 1.87. The van der Waals surface area contributed by atoms with Crippen molar-refractivity contribution < 1.29 is 5.11 Å². The van der Waals surface area contributed by atoms with Gasteiger partial charge in [-0.25, -0.2) is 4.68 Å². The fourth-order valence-corrected chi connectivity index (χ4v) is 4.31. The molecule has 4 rings (SSSR count). The molecule has 1 atom stereocenters. The SMILES string of the molecule is OCC(c1c2ccccc2nn1-c1ccc(Cl)cc1)C1CCCCC1. The number of aliphatic hydroxyl groups excluding tert-OH is 1. The molecule has 25 heavy (non-hydrogen) atoms. The number of nitrogens with zero attached hydrogens (tertiary/aromatic N) is 2. The van der Waals surface area contributed by atoms with Crippen LogP contribution in [0.25, 0.3) is 16.6 Å². The predicted molar refractivity (Wildman–Crippen MR) is 102 cm³/mol. The molecule has 4 heteroatoms. The summed E-state index contributed by atoms with van der Waals surface area (Å²) in [5, 5.41) is 17.0. The smallest absolute Gasteiger partial charge is 0.0930 e. The van der Waals surface area contributed by atoms with Gasteiger partial charge in [-0.2, -0.15) is 5.10 Å². The minimum absolute atomic E-state index is 0.114. The van der Waals surface area contributed by atoms with E-state index in [9.17, 15) is 5.11 Å². The van der Waals surface area contributed by atoms with Crippen LogP contribution in [0, 0.1) is 5.92 Å². The Morgan fingerprint density at radius 3 is 2.48 bits per heavy atom.